The topological polar surface area (TPSA) is 74.8 Å². The van der Waals surface area contributed by atoms with Crippen LogP contribution < -0.4 is 5.32 Å². The Hall–Kier alpha value is -1.65. The van der Waals surface area contributed by atoms with Crippen LogP contribution >= 0.6 is 0 Å². The van der Waals surface area contributed by atoms with Gasteiger partial charge in [0, 0.05) is 24.9 Å². The molecule has 5 nitrogen and oxygen atoms in total. The molecule has 2 N–H and O–H groups in total. The van der Waals surface area contributed by atoms with Crippen LogP contribution in [0.15, 0.2) is 12.5 Å². The summed E-state index contributed by atoms with van der Waals surface area (Å²) in [5.41, 5.74) is 0.00878. The maximum Gasteiger partial charge on any atom is 0.233 e. The normalized spacial score (nSPS) is 11.2. The lowest BCUT2D eigenvalue weighted by Gasteiger charge is -2.19. The lowest BCUT2D eigenvalue weighted by atomic mass is 9.88. The molecule has 1 rings (SSSR count). The predicted octanol–water partition coefficient (Wildman–Crippen LogP) is 0.684. The van der Waals surface area contributed by atoms with Gasteiger partial charge in [0.1, 0.15) is 11.2 Å². The van der Waals surface area contributed by atoms with Crippen molar-refractivity contribution in [3.8, 4) is 0 Å². The molecule has 0 aliphatic heterocycles. The van der Waals surface area contributed by atoms with Gasteiger partial charge in [0.2, 0.25) is 5.91 Å². The van der Waals surface area contributed by atoms with Crippen molar-refractivity contribution in [1.29, 1.82) is 0 Å². The number of nitrogens with zero attached hydrogens (tertiary/aromatic N) is 1. The van der Waals surface area contributed by atoms with E-state index in [1.54, 1.807) is 26.4 Å². The molecular weight excluding hydrogens is 206 g/mol. The molecule has 0 atom stereocenters. The molecule has 0 saturated heterocycles. The molecule has 0 saturated carbocycles. The van der Waals surface area contributed by atoms with E-state index in [2.05, 4.69) is 15.3 Å². The second kappa shape index (κ2) is 4.92. The first-order valence-corrected chi connectivity index (χ1v) is 5.21. The number of carbonyl (C=O) groups excluding carboxylic acids is 2. The number of nitrogens with one attached hydrogen (secondary N) is 2. The van der Waals surface area contributed by atoms with Gasteiger partial charge in [-0.3, -0.25) is 9.59 Å². The smallest absolute Gasteiger partial charge is 0.233 e. The minimum absolute atomic E-state index is 0.133. The van der Waals surface area contributed by atoms with Crippen LogP contribution in [0.3, 0.4) is 0 Å². The summed E-state index contributed by atoms with van der Waals surface area (Å²) < 4.78 is 0. The van der Waals surface area contributed by atoms with Gasteiger partial charge in [0.05, 0.1) is 6.33 Å². The molecule has 0 radical (unpaired) electrons. The Kier molecular flexibility index (Phi) is 3.82. The van der Waals surface area contributed by atoms with E-state index >= 15 is 0 Å². The van der Waals surface area contributed by atoms with Gasteiger partial charge in [0.25, 0.3) is 0 Å². The molecule has 0 aliphatic carbocycles. The first-order chi connectivity index (χ1) is 7.44. The van der Waals surface area contributed by atoms with Crippen molar-refractivity contribution in [2.45, 2.75) is 27.2 Å². The Morgan fingerprint density at radius 2 is 2.19 bits per heavy atom. The number of hydrogen-bond acceptors (Lipinski definition) is 3. The molecule has 1 amide bonds. The second-order valence-electron chi connectivity index (χ2n) is 4.26. The van der Waals surface area contributed by atoms with Gasteiger partial charge >= 0.3 is 0 Å². The number of carbonyl (C=O) groups is 2. The highest BCUT2D eigenvalue weighted by molar-refractivity contribution is 6.04. The molecule has 16 heavy (non-hydrogen) atoms. The lowest BCUT2D eigenvalue weighted by molar-refractivity contribution is -0.138. The summed E-state index contributed by atoms with van der Waals surface area (Å²) in [4.78, 5) is 29.7. The number of Topliss-reactive ketones (excluding diaryl/α,β-unsaturated/α-hetero) is 1. The summed E-state index contributed by atoms with van der Waals surface area (Å²) in [6.45, 7) is 5.17. The first kappa shape index (κ1) is 12.4. The van der Waals surface area contributed by atoms with Gasteiger partial charge in [-0.25, -0.2) is 4.98 Å². The number of aromatic nitrogens is 2. The average molecular weight is 223 g/mol. The zero-order valence-electron chi connectivity index (χ0n) is 9.83. The summed E-state index contributed by atoms with van der Waals surface area (Å²) in [5, 5.41) is 2.74. The minimum Gasteiger partial charge on any atom is -0.355 e. The summed E-state index contributed by atoms with van der Waals surface area (Å²) in [6, 6.07) is 0. The van der Waals surface area contributed by atoms with E-state index in [0.29, 0.717) is 13.0 Å². The maximum atomic E-state index is 11.7. The van der Waals surface area contributed by atoms with E-state index in [-0.39, 0.29) is 11.7 Å². The molecule has 5 heteroatoms. The van der Waals surface area contributed by atoms with Gasteiger partial charge in [-0.1, -0.05) is 0 Å². The van der Waals surface area contributed by atoms with Gasteiger partial charge in [-0.15, -0.1) is 0 Å². The predicted molar refractivity (Wildman–Crippen MR) is 59.8 cm³/mol. The van der Waals surface area contributed by atoms with E-state index in [1.807, 2.05) is 0 Å². The largest absolute Gasteiger partial charge is 0.355 e. The molecule has 88 valence electrons. The van der Waals surface area contributed by atoms with Crippen LogP contribution in [-0.4, -0.2) is 28.2 Å². The molecule has 1 aromatic rings. The number of ketones is 1. The zero-order valence-corrected chi connectivity index (χ0v) is 9.83. The molecule has 0 bridgehead atoms. The van der Waals surface area contributed by atoms with E-state index in [1.165, 1.54) is 6.92 Å². The Labute approximate surface area is 94.7 Å². The van der Waals surface area contributed by atoms with Crippen molar-refractivity contribution in [2.24, 2.45) is 5.41 Å². The van der Waals surface area contributed by atoms with E-state index in [4.69, 9.17) is 0 Å². The zero-order chi connectivity index (χ0) is 12.2. The molecule has 1 heterocycles. The van der Waals surface area contributed by atoms with Crippen LogP contribution in [0.25, 0.3) is 0 Å². The number of H-pyrrole nitrogens is 1. The van der Waals surface area contributed by atoms with Crippen molar-refractivity contribution >= 4 is 11.7 Å². The molecule has 0 aromatic carbocycles. The summed E-state index contributed by atoms with van der Waals surface area (Å²) >= 11 is 0. The molecule has 0 spiro atoms. The van der Waals surface area contributed by atoms with Crippen LogP contribution in [-0.2, 0) is 16.0 Å². The monoisotopic (exact) mass is 223 g/mol. The molecule has 0 aliphatic rings. The SMILES string of the molecule is CC(=O)C(C)(C)C(=O)NCCc1cnc[nH]1. The number of rotatable bonds is 5. The van der Waals surface area contributed by atoms with Gasteiger partial charge in [-0.05, 0) is 20.8 Å². The molecule has 0 unspecified atom stereocenters. The number of hydrogen-bond donors (Lipinski definition) is 2. The molecule has 1 aromatic heterocycles. The Bertz CT molecular complexity index is 369. The highest BCUT2D eigenvalue weighted by Gasteiger charge is 2.32. The molecule has 0 fully saturated rings. The second-order valence-corrected chi connectivity index (χ2v) is 4.26. The van der Waals surface area contributed by atoms with E-state index in [9.17, 15) is 9.59 Å². The standard InChI is InChI=1S/C11H17N3O2/c1-8(15)11(2,3)10(16)13-5-4-9-6-12-7-14-9/h6-7H,4-5H2,1-3H3,(H,12,14)(H,13,16). The lowest BCUT2D eigenvalue weighted by Crippen LogP contribution is -2.42. The van der Waals surface area contributed by atoms with Gasteiger partial charge in [-0.2, -0.15) is 0 Å². The highest BCUT2D eigenvalue weighted by atomic mass is 16.2. The fourth-order valence-corrected chi connectivity index (χ4v) is 1.11. The third kappa shape index (κ3) is 2.92. The fourth-order valence-electron chi connectivity index (χ4n) is 1.11. The summed E-state index contributed by atoms with van der Waals surface area (Å²) in [6.07, 6.45) is 3.98. The number of imidazole rings is 1. The molecular formula is C11H17N3O2. The Balaban J connectivity index is 2.39. The van der Waals surface area contributed by atoms with Crippen molar-refractivity contribution in [1.82, 2.24) is 15.3 Å². The highest BCUT2D eigenvalue weighted by Crippen LogP contribution is 2.15. The Morgan fingerprint density at radius 1 is 1.50 bits per heavy atom. The maximum absolute atomic E-state index is 11.7. The third-order valence-electron chi connectivity index (χ3n) is 2.68. The first-order valence-electron chi connectivity index (χ1n) is 5.21. The number of aromatic amines is 1. The average Bonchev–Trinajstić information content (AvgIpc) is 2.70. The van der Waals surface area contributed by atoms with E-state index < -0.39 is 5.41 Å². The quantitative estimate of drug-likeness (QED) is 0.721. The van der Waals surface area contributed by atoms with Crippen molar-refractivity contribution in [3.05, 3.63) is 18.2 Å². The van der Waals surface area contributed by atoms with Crippen molar-refractivity contribution < 1.29 is 9.59 Å². The van der Waals surface area contributed by atoms with Crippen LogP contribution in [0, 0.1) is 5.41 Å². The van der Waals surface area contributed by atoms with Crippen molar-refractivity contribution in [2.75, 3.05) is 6.54 Å². The van der Waals surface area contributed by atoms with Gasteiger partial charge < -0.3 is 10.3 Å². The van der Waals surface area contributed by atoms with E-state index in [0.717, 1.165) is 5.69 Å². The summed E-state index contributed by atoms with van der Waals surface area (Å²) in [7, 11) is 0. The van der Waals surface area contributed by atoms with Crippen LogP contribution in [0.2, 0.25) is 0 Å². The van der Waals surface area contributed by atoms with Crippen LogP contribution in [0.4, 0.5) is 0 Å². The van der Waals surface area contributed by atoms with Crippen LogP contribution in [0.5, 0.6) is 0 Å². The number of amides is 1. The van der Waals surface area contributed by atoms with Gasteiger partial charge in [0.15, 0.2) is 0 Å². The third-order valence-corrected chi connectivity index (χ3v) is 2.68. The van der Waals surface area contributed by atoms with Crippen molar-refractivity contribution in [3.63, 3.8) is 0 Å². The van der Waals surface area contributed by atoms with Crippen LogP contribution in [0.1, 0.15) is 26.5 Å². The Morgan fingerprint density at radius 3 is 2.69 bits per heavy atom. The fraction of sp³-hybridized carbons (Fsp3) is 0.545. The minimum atomic E-state index is -0.950. The summed E-state index contributed by atoms with van der Waals surface area (Å²) in [5.74, 6) is -0.369.